The van der Waals surface area contributed by atoms with Gasteiger partial charge in [-0.1, -0.05) is 0 Å². The van der Waals surface area contributed by atoms with Gasteiger partial charge in [0.25, 0.3) is 0 Å². The summed E-state index contributed by atoms with van der Waals surface area (Å²) >= 11 is 0. The van der Waals surface area contributed by atoms with Crippen LogP contribution in [0.5, 0.6) is 0 Å². The lowest BCUT2D eigenvalue weighted by Crippen LogP contribution is -2.34. The predicted molar refractivity (Wildman–Crippen MR) is 39.6 cm³/mol. The third kappa shape index (κ3) is 9.89. The summed E-state index contributed by atoms with van der Waals surface area (Å²) in [6.07, 6.45) is -0.992. The molecule has 0 aromatic carbocycles. The van der Waals surface area contributed by atoms with Crippen LogP contribution in [0.1, 0.15) is 0 Å². The van der Waals surface area contributed by atoms with Crippen LogP contribution in [0.2, 0.25) is 0 Å². The van der Waals surface area contributed by atoms with Crippen LogP contribution in [0.15, 0.2) is 0 Å². The molecule has 0 aliphatic carbocycles. The first kappa shape index (κ1) is 14.6. The van der Waals surface area contributed by atoms with Gasteiger partial charge in [0.15, 0.2) is 0 Å². The standard InChI is InChI=1S/C5H14N2O8/c8-1-2-13-3-5(15-7(11)12)4-14-6(9)10/h5,8-12H,1-4H2. The van der Waals surface area contributed by atoms with E-state index in [0.29, 0.717) is 0 Å². The van der Waals surface area contributed by atoms with Gasteiger partial charge in [0.1, 0.15) is 12.7 Å². The highest BCUT2D eigenvalue weighted by atomic mass is 17.1. The molecule has 1 atom stereocenters. The summed E-state index contributed by atoms with van der Waals surface area (Å²) in [5.41, 5.74) is 0. The van der Waals surface area contributed by atoms with Crippen LogP contribution in [0, 0.1) is 0 Å². The van der Waals surface area contributed by atoms with Crippen molar-refractivity contribution in [2.75, 3.05) is 26.4 Å². The van der Waals surface area contributed by atoms with Crippen molar-refractivity contribution >= 4 is 0 Å². The third-order valence-corrected chi connectivity index (χ3v) is 1.16. The van der Waals surface area contributed by atoms with Gasteiger partial charge in [-0.3, -0.25) is 20.8 Å². The number of nitrogens with zero attached hydrogens (tertiary/aromatic N) is 2. The Kier molecular flexibility index (Phi) is 8.64. The Morgan fingerprint density at radius 3 is 2.13 bits per heavy atom. The maximum atomic E-state index is 8.38. The average Bonchev–Trinajstić information content (AvgIpc) is 2.13. The van der Waals surface area contributed by atoms with E-state index in [1.807, 2.05) is 0 Å². The summed E-state index contributed by atoms with van der Waals surface area (Å²) in [7, 11) is 0. The fourth-order valence-electron chi connectivity index (χ4n) is 0.671. The van der Waals surface area contributed by atoms with E-state index in [1.54, 1.807) is 0 Å². The smallest absolute Gasteiger partial charge is 0.133 e. The summed E-state index contributed by atoms with van der Waals surface area (Å²) in [5, 5.41) is 40.3. The van der Waals surface area contributed by atoms with Gasteiger partial charge in [-0.25, -0.2) is 9.68 Å². The van der Waals surface area contributed by atoms with Gasteiger partial charge in [-0.15, -0.1) is 0 Å². The topological polar surface area (TPSA) is 135 Å². The minimum atomic E-state index is -0.992. The zero-order chi connectivity index (χ0) is 11.7. The van der Waals surface area contributed by atoms with Crippen LogP contribution < -0.4 is 0 Å². The molecule has 5 N–H and O–H groups in total. The van der Waals surface area contributed by atoms with Crippen LogP contribution in [-0.2, 0) is 14.4 Å². The highest BCUT2D eigenvalue weighted by Crippen LogP contribution is 1.97. The van der Waals surface area contributed by atoms with E-state index < -0.39 is 23.5 Å². The molecule has 0 amide bonds. The average molecular weight is 230 g/mol. The van der Waals surface area contributed by atoms with Crippen LogP contribution in [0.3, 0.4) is 0 Å². The van der Waals surface area contributed by atoms with E-state index in [1.165, 1.54) is 0 Å². The van der Waals surface area contributed by atoms with Gasteiger partial charge in [-0.2, -0.15) is 0 Å². The number of rotatable bonds is 9. The fraction of sp³-hybridized carbons (Fsp3) is 1.00. The van der Waals surface area contributed by atoms with Crippen molar-refractivity contribution in [2.45, 2.75) is 6.10 Å². The summed E-state index contributed by atoms with van der Waals surface area (Å²) in [6, 6.07) is 0. The van der Waals surface area contributed by atoms with Crippen molar-refractivity contribution in [3.63, 3.8) is 0 Å². The molecule has 10 nitrogen and oxygen atoms in total. The Bertz CT molecular complexity index is 145. The van der Waals surface area contributed by atoms with Crippen molar-refractivity contribution in [1.29, 1.82) is 0 Å². The molecular formula is C5H14N2O8. The molecule has 0 radical (unpaired) electrons. The first-order chi connectivity index (χ1) is 7.06. The quantitative estimate of drug-likeness (QED) is 0.232. The minimum absolute atomic E-state index is 0.0265. The van der Waals surface area contributed by atoms with E-state index >= 15 is 0 Å². The van der Waals surface area contributed by atoms with Gasteiger partial charge in [0, 0.05) is 0 Å². The van der Waals surface area contributed by atoms with Crippen molar-refractivity contribution in [3.05, 3.63) is 0 Å². The largest absolute Gasteiger partial charge is 0.394 e. The van der Waals surface area contributed by atoms with Crippen molar-refractivity contribution in [2.24, 2.45) is 0 Å². The van der Waals surface area contributed by atoms with Crippen molar-refractivity contribution in [1.82, 2.24) is 10.8 Å². The first-order valence-corrected chi connectivity index (χ1v) is 3.90. The summed E-state index contributed by atoms with van der Waals surface area (Å²) < 4.78 is 4.79. The zero-order valence-electron chi connectivity index (χ0n) is 7.76. The molecule has 0 saturated carbocycles. The molecule has 0 fully saturated rings. The molecule has 0 heterocycles. The van der Waals surface area contributed by atoms with Gasteiger partial charge in [0.05, 0.1) is 30.6 Å². The molecule has 0 bridgehead atoms. The number of hydrogen-bond acceptors (Lipinski definition) is 10. The van der Waals surface area contributed by atoms with E-state index in [0.717, 1.165) is 0 Å². The summed E-state index contributed by atoms with van der Waals surface area (Å²) in [5.74, 6) is 0. The molecule has 10 heteroatoms. The molecule has 0 aliphatic rings. The molecule has 0 spiro atoms. The number of aliphatic hydroxyl groups is 1. The zero-order valence-corrected chi connectivity index (χ0v) is 7.76. The fourth-order valence-corrected chi connectivity index (χ4v) is 0.671. The molecule has 1 unspecified atom stereocenters. The molecule has 0 aromatic heterocycles. The third-order valence-electron chi connectivity index (χ3n) is 1.16. The number of aliphatic hydroxyl groups excluding tert-OH is 1. The monoisotopic (exact) mass is 230 g/mol. The van der Waals surface area contributed by atoms with Crippen LogP contribution in [0.4, 0.5) is 0 Å². The summed E-state index contributed by atoms with van der Waals surface area (Å²) in [6.45, 7) is -0.734. The van der Waals surface area contributed by atoms with E-state index in [4.69, 9.17) is 30.7 Å². The molecule has 0 saturated heterocycles. The SMILES string of the molecule is OCCOCC(CON(O)O)ON(O)O. The second kappa shape index (κ2) is 8.87. The van der Waals surface area contributed by atoms with Gasteiger partial charge >= 0.3 is 0 Å². The van der Waals surface area contributed by atoms with E-state index in [9.17, 15) is 0 Å². The molecule has 0 aliphatic heterocycles. The van der Waals surface area contributed by atoms with E-state index in [-0.39, 0.29) is 19.8 Å². The van der Waals surface area contributed by atoms with Crippen LogP contribution in [0.25, 0.3) is 0 Å². The lowest BCUT2D eigenvalue weighted by atomic mass is 10.4. The number of hydrogen-bond donors (Lipinski definition) is 5. The maximum Gasteiger partial charge on any atom is 0.133 e. The molecule has 15 heavy (non-hydrogen) atoms. The van der Waals surface area contributed by atoms with Gasteiger partial charge in [-0.05, 0) is 0 Å². The van der Waals surface area contributed by atoms with Gasteiger partial charge < -0.3 is 9.84 Å². The van der Waals surface area contributed by atoms with Crippen molar-refractivity contribution in [3.8, 4) is 0 Å². The predicted octanol–water partition coefficient (Wildman–Crippen LogP) is -1.61. The van der Waals surface area contributed by atoms with Crippen LogP contribution >= 0.6 is 0 Å². The number of ether oxygens (including phenoxy) is 1. The summed E-state index contributed by atoms with van der Waals surface area (Å²) in [4.78, 5) is 8.47. The lowest BCUT2D eigenvalue weighted by Gasteiger charge is -2.18. The minimum Gasteiger partial charge on any atom is -0.394 e. The second-order valence-electron chi connectivity index (χ2n) is 2.33. The highest BCUT2D eigenvalue weighted by molar-refractivity contribution is 4.51. The Morgan fingerprint density at radius 1 is 1.00 bits per heavy atom. The highest BCUT2D eigenvalue weighted by Gasteiger charge is 2.15. The Hall–Kier alpha value is -0.400. The molecular weight excluding hydrogens is 216 g/mol. The van der Waals surface area contributed by atoms with Crippen molar-refractivity contribution < 1.29 is 40.3 Å². The molecule has 0 aromatic rings. The first-order valence-electron chi connectivity index (χ1n) is 3.90. The van der Waals surface area contributed by atoms with Crippen LogP contribution in [-0.4, -0.2) is 69.2 Å². The maximum absolute atomic E-state index is 8.38. The second-order valence-corrected chi connectivity index (χ2v) is 2.33. The lowest BCUT2D eigenvalue weighted by molar-refractivity contribution is -0.528. The Labute approximate surface area is 84.8 Å². The molecule has 0 rings (SSSR count). The normalized spacial score (nSPS) is 13.8. The van der Waals surface area contributed by atoms with Gasteiger partial charge in [0.2, 0.25) is 0 Å². The Balaban J connectivity index is 3.73. The molecule has 92 valence electrons. The Morgan fingerprint density at radius 2 is 1.67 bits per heavy atom. The van der Waals surface area contributed by atoms with E-state index in [2.05, 4.69) is 9.68 Å².